The lowest BCUT2D eigenvalue weighted by Gasteiger charge is -2.03. The average Bonchev–Trinajstić information content (AvgIpc) is 2.80. The number of benzene rings is 1. The average molecular weight is 267 g/mol. The van der Waals surface area contributed by atoms with E-state index in [4.69, 9.17) is 4.42 Å². The highest BCUT2D eigenvalue weighted by Crippen LogP contribution is 2.24. The summed E-state index contributed by atoms with van der Waals surface area (Å²) in [5, 5.41) is 10.7. The van der Waals surface area contributed by atoms with E-state index in [0.717, 1.165) is 6.07 Å². The number of nitrogens with one attached hydrogen (secondary N) is 1. The summed E-state index contributed by atoms with van der Waals surface area (Å²) in [6.07, 6.45) is 0. The number of hydrogen-bond donors (Lipinski definition) is 1. The number of aryl methyl sites for hydroxylation is 1. The largest absolute Gasteiger partial charge is 0.419 e. The van der Waals surface area contributed by atoms with Crippen LogP contribution in [-0.2, 0) is 6.54 Å². The van der Waals surface area contributed by atoms with Crippen LogP contribution in [0.5, 0.6) is 0 Å². The third-order valence-electron chi connectivity index (χ3n) is 2.61. The van der Waals surface area contributed by atoms with Crippen molar-refractivity contribution in [3.05, 3.63) is 35.2 Å². The van der Waals surface area contributed by atoms with Crippen LogP contribution in [0.3, 0.4) is 0 Å². The summed E-state index contributed by atoms with van der Waals surface area (Å²) < 4.78 is 32.2. The first-order chi connectivity index (χ1) is 8.97. The molecule has 1 aromatic carbocycles. The van der Waals surface area contributed by atoms with Gasteiger partial charge in [-0.05, 0) is 18.6 Å². The maximum atomic E-state index is 13.7. The van der Waals surface area contributed by atoms with Crippen molar-refractivity contribution in [2.45, 2.75) is 33.4 Å². The Balaban J connectivity index is 2.25. The van der Waals surface area contributed by atoms with E-state index >= 15 is 0 Å². The molecule has 1 N–H and O–H groups in total. The van der Waals surface area contributed by atoms with Crippen molar-refractivity contribution in [2.75, 3.05) is 0 Å². The molecule has 0 aliphatic rings. The first kappa shape index (κ1) is 13.6. The molecule has 2 aromatic rings. The molecule has 0 aliphatic heterocycles. The zero-order chi connectivity index (χ0) is 14.0. The predicted octanol–water partition coefficient (Wildman–Crippen LogP) is 2.82. The van der Waals surface area contributed by atoms with Gasteiger partial charge in [-0.15, -0.1) is 10.2 Å². The molecule has 0 radical (unpaired) electrons. The first-order valence-electron chi connectivity index (χ1n) is 5.99. The van der Waals surface area contributed by atoms with Gasteiger partial charge in [0.05, 0.1) is 12.1 Å². The van der Waals surface area contributed by atoms with E-state index in [1.807, 2.05) is 13.8 Å². The third kappa shape index (κ3) is 3.14. The van der Waals surface area contributed by atoms with E-state index in [1.165, 1.54) is 6.07 Å². The number of nitrogens with zero attached hydrogens (tertiary/aromatic N) is 2. The molecule has 0 atom stereocenters. The van der Waals surface area contributed by atoms with Gasteiger partial charge in [-0.25, -0.2) is 8.78 Å². The van der Waals surface area contributed by atoms with Crippen LogP contribution in [0.15, 0.2) is 16.5 Å². The Kier molecular flexibility index (Phi) is 3.90. The van der Waals surface area contributed by atoms with Crippen LogP contribution in [0.1, 0.15) is 25.3 Å². The minimum atomic E-state index is -0.713. The highest BCUT2D eigenvalue weighted by molar-refractivity contribution is 5.55. The van der Waals surface area contributed by atoms with Gasteiger partial charge in [0.15, 0.2) is 0 Å². The van der Waals surface area contributed by atoms with Crippen LogP contribution < -0.4 is 5.32 Å². The van der Waals surface area contributed by atoms with Gasteiger partial charge >= 0.3 is 0 Å². The number of hydrogen-bond acceptors (Lipinski definition) is 4. The quantitative estimate of drug-likeness (QED) is 0.925. The van der Waals surface area contributed by atoms with Crippen LogP contribution in [0, 0.1) is 18.6 Å². The molecule has 0 fully saturated rings. The van der Waals surface area contributed by atoms with Crippen molar-refractivity contribution in [1.29, 1.82) is 0 Å². The Morgan fingerprint density at radius 3 is 2.63 bits per heavy atom. The van der Waals surface area contributed by atoms with Gasteiger partial charge in [0, 0.05) is 12.1 Å². The molecule has 0 unspecified atom stereocenters. The minimum Gasteiger partial charge on any atom is -0.419 e. The first-order valence-corrected chi connectivity index (χ1v) is 5.99. The zero-order valence-electron chi connectivity index (χ0n) is 11.0. The van der Waals surface area contributed by atoms with Crippen molar-refractivity contribution in [3.63, 3.8) is 0 Å². The number of aromatic nitrogens is 2. The summed E-state index contributed by atoms with van der Waals surface area (Å²) in [7, 11) is 0. The maximum absolute atomic E-state index is 13.7. The lowest BCUT2D eigenvalue weighted by atomic mass is 10.1. The van der Waals surface area contributed by atoms with Gasteiger partial charge in [-0.1, -0.05) is 13.8 Å². The molecule has 0 bridgehead atoms. The molecule has 0 amide bonds. The van der Waals surface area contributed by atoms with E-state index in [-0.39, 0.29) is 17.5 Å². The van der Waals surface area contributed by atoms with Gasteiger partial charge in [-0.2, -0.15) is 0 Å². The summed E-state index contributed by atoms with van der Waals surface area (Å²) in [4.78, 5) is 0. The summed E-state index contributed by atoms with van der Waals surface area (Å²) >= 11 is 0. The van der Waals surface area contributed by atoms with E-state index in [1.54, 1.807) is 6.92 Å². The Labute approximate surface area is 109 Å². The summed E-state index contributed by atoms with van der Waals surface area (Å²) in [5.41, 5.74) is 0.443. The summed E-state index contributed by atoms with van der Waals surface area (Å²) in [6, 6.07) is 2.46. The second-order valence-corrected chi connectivity index (χ2v) is 4.62. The fraction of sp³-hybridized carbons (Fsp3) is 0.385. The van der Waals surface area contributed by atoms with E-state index in [0.29, 0.717) is 18.0 Å². The zero-order valence-corrected chi connectivity index (χ0v) is 11.0. The molecular weight excluding hydrogens is 252 g/mol. The molecule has 0 spiro atoms. The van der Waals surface area contributed by atoms with Crippen LogP contribution in [0.25, 0.3) is 11.5 Å². The predicted molar refractivity (Wildman–Crippen MR) is 66.4 cm³/mol. The van der Waals surface area contributed by atoms with Crippen molar-refractivity contribution in [1.82, 2.24) is 15.5 Å². The van der Waals surface area contributed by atoms with Crippen molar-refractivity contribution >= 4 is 0 Å². The Bertz CT molecular complexity index is 581. The smallest absolute Gasteiger partial charge is 0.250 e. The van der Waals surface area contributed by atoms with Crippen LogP contribution in [-0.4, -0.2) is 16.2 Å². The maximum Gasteiger partial charge on any atom is 0.250 e. The van der Waals surface area contributed by atoms with Gasteiger partial charge in [0.1, 0.15) is 11.6 Å². The van der Waals surface area contributed by atoms with E-state index in [9.17, 15) is 8.78 Å². The monoisotopic (exact) mass is 267 g/mol. The SMILES string of the molecule is Cc1cc(-c2nnc(CNC(C)C)o2)c(F)cc1F. The Morgan fingerprint density at radius 1 is 1.21 bits per heavy atom. The van der Waals surface area contributed by atoms with E-state index in [2.05, 4.69) is 15.5 Å². The van der Waals surface area contributed by atoms with E-state index < -0.39 is 11.6 Å². The van der Waals surface area contributed by atoms with Crippen molar-refractivity contribution in [2.24, 2.45) is 0 Å². The molecule has 0 saturated heterocycles. The number of halogens is 2. The van der Waals surface area contributed by atoms with Crippen molar-refractivity contribution in [3.8, 4) is 11.5 Å². The Hall–Kier alpha value is -1.82. The highest BCUT2D eigenvalue weighted by Gasteiger charge is 2.15. The standard InChI is InChI=1S/C13H15F2N3O/c1-7(2)16-6-12-17-18-13(19-12)9-4-8(3)10(14)5-11(9)15/h4-5,7,16H,6H2,1-3H3. The molecule has 1 heterocycles. The second kappa shape index (κ2) is 5.44. The number of rotatable bonds is 4. The van der Waals surface area contributed by atoms with Crippen molar-refractivity contribution < 1.29 is 13.2 Å². The molecule has 6 heteroatoms. The molecule has 2 rings (SSSR count). The van der Waals surface area contributed by atoms with Crippen LogP contribution in [0.4, 0.5) is 8.78 Å². The summed E-state index contributed by atoms with van der Waals surface area (Å²) in [5.74, 6) is -0.885. The van der Waals surface area contributed by atoms with Crippen LogP contribution in [0.2, 0.25) is 0 Å². The van der Waals surface area contributed by atoms with Gasteiger partial charge < -0.3 is 9.73 Å². The molecule has 102 valence electrons. The fourth-order valence-corrected chi connectivity index (χ4v) is 1.55. The molecular formula is C13H15F2N3O. The molecule has 4 nitrogen and oxygen atoms in total. The topological polar surface area (TPSA) is 51.0 Å². The molecule has 19 heavy (non-hydrogen) atoms. The lowest BCUT2D eigenvalue weighted by Crippen LogP contribution is -2.21. The molecule has 0 aliphatic carbocycles. The van der Waals surface area contributed by atoms with Crippen LogP contribution >= 0.6 is 0 Å². The van der Waals surface area contributed by atoms with Gasteiger partial charge in [0.25, 0.3) is 5.89 Å². The van der Waals surface area contributed by atoms with Gasteiger partial charge in [0.2, 0.25) is 5.89 Å². The highest BCUT2D eigenvalue weighted by atomic mass is 19.1. The fourth-order valence-electron chi connectivity index (χ4n) is 1.55. The third-order valence-corrected chi connectivity index (χ3v) is 2.61. The normalized spacial score (nSPS) is 11.3. The second-order valence-electron chi connectivity index (χ2n) is 4.62. The van der Waals surface area contributed by atoms with Gasteiger partial charge in [-0.3, -0.25) is 0 Å². The lowest BCUT2D eigenvalue weighted by molar-refractivity contribution is 0.456. The molecule has 1 aromatic heterocycles. The summed E-state index contributed by atoms with van der Waals surface area (Å²) in [6.45, 7) is 5.93. The molecule has 0 saturated carbocycles. The minimum absolute atomic E-state index is 0.0566. The Morgan fingerprint density at radius 2 is 1.95 bits per heavy atom.